The molecule has 0 fully saturated rings. The molecule has 230 valence electrons. The summed E-state index contributed by atoms with van der Waals surface area (Å²) in [5.74, 6) is 0.912. The molecule has 0 aliphatic heterocycles. The van der Waals surface area contributed by atoms with Crippen molar-refractivity contribution in [3.63, 3.8) is 0 Å². The van der Waals surface area contributed by atoms with Crippen molar-refractivity contribution in [1.29, 1.82) is 0 Å². The van der Waals surface area contributed by atoms with Crippen LogP contribution in [-0.4, -0.2) is 19.5 Å². The van der Waals surface area contributed by atoms with E-state index in [1.807, 2.05) is 48.5 Å². The minimum absolute atomic E-state index is 0.876. The molecule has 0 aliphatic rings. The predicted molar refractivity (Wildman–Crippen MR) is 201 cm³/mol. The van der Waals surface area contributed by atoms with Gasteiger partial charge in [0, 0.05) is 22.3 Å². The van der Waals surface area contributed by atoms with E-state index >= 15 is 0 Å². The van der Waals surface area contributed by atoms with E-state index in [1.54, 1.807) is 0 Å². The molecule has 0 N–H and O–H groups in total. The van der Waals surface area contributed by atoms with Crippen molar-refractivity contribution in [2.24, 2.45) is 0 Å². The van der Waals surface area contributed by atoms with Gasteiger partial charge in [-0.15, -0.1) is 0 Å². The van der Waals surface area contributed by atoms with Crippen molar-refractivity contribution in [1.82, 2.24) is 19.5 Å². The number of para-hydroxylation sites is 5. The number of hydrogen-bond acceptors (Lipinski definition) is 3. The van der Waals surface area contributed by atoms with Crippen molar-refractivity contribution in [2.45, 2.75) is 0 Å². The Kier molecular flexibility index (Phi) is 7.10. The normalized spacial score (nSPS) is 11.3. The maximum absolute atomic E-state index is 5.15. The van der Waals surface area contributed by atoms with E-state index in [0.29, 0.717) is 0 Å². The van der Waals surface area contributed by atoms with E-state index in [-0.39, 0.29) is 0 Å². The maximum atomic E-state index is 5.15. The van der Waals surface area contributed by atoms with Gasteiger partial charge in [0.2, 0.25) is 0 Å². The highest BCUT2D eigenvalue weighted by molar-refractivity contribution is 5.88. The van der Waals surface area contributed by atoms with Crippen molar-refractivity contribution in [2.75, 3.05) is 0 Å². The summed E-state index contributed by atoms with van der Waals surface area (Å²) in [5.41, 5.74) is 14.4. The third-order valence-electron chi connectivity index (χ3n) is 9.04. The number of imidazole rings is 1. The molecule has 0 radical (unpaired) electrons. The molecule has 0 saturated heterocycles. The van der Waals surface area contributed by atoms with Gasteiger partial charge in [-0.05, 0) is 47.0 Å². The summed E-state index contributed by atoms with van der Waals surface area (Å²) < 4.78 is 2.29. The van der Waals surface area contributed by atoms with Gasteiger partial charge in [-0.3, -0.25) is 4.57 Å². The third kappa shape index (κ3) is 5.26. The second-order valence-corrected chi connectivity index (χ2v) is 12.1. The lowest BCUT2D eigenvalue weighted by atomic mass is 9.99. The molecule has 2 aromatic heterocycles. The van der Waals surface area contributed by atoms with Gasteiger partial charge < -0.3 is 0 Å². The Labute approximate surface area is 284 Å². The van der Waals surface area contributed by atoms with Crippen LogP contribution in [0, 0.1) is 0 Å². The standard InChI is InChI=1S/C45H30N4/c1-3-13-33(14-4-1)37-17-7-11-21-41(37)49-42-22-12-10-20-40(42)48-45(49)36-29-25-32(26-30-36)31-23-27-35(28-24-31)44-43(34-15-5-2-6-16-34)46-38-18-8-9-19-39(38)47-44/h1-30H. The van der Waals surface area contributed by atoms with Crippen molar-refractivity contribution in [3.05, 3.63) is 182 Å². The van der Waals surface area contributed by atoms with Crippen LogP contribution in [0.3, 0.4) is 0 Å². The van der Waals surface area contributed by atoms with Gasteiger partial charge in [-0.25, -0.2) is 15.0 Å². The molecule has 9 aromatic rings. The highest BCUT2D eigenvalue weighted by Gasteiger charge is 2.18. The predicted octanol–water partition coefficient (Wildman–Crippen LogP) is 11.3. The first-order chi connectivity index (χ1) is 24.3. The topological polar surface area (TPSA) is 43.6 Å². The van der Waals surface area contributed by atoms with Gasteiger partial charge in [0.25, 0.3) is 0 Å². The first kappa shape index (κ1) is 28.6. The van der Waals surface area contributed by atoms with Crippen LogP contribution in [-0.2, 0) is 0 Å². The molecule has 2 heterocycles. The number of hydrogen-bond donors (Lipinski definition) is 0. The first-order valence-corrected chi connectivity index (χ1v) is 16.5. The molecule has 0 bridgehead atoms. The fraction of sp³-hybridized carbons (Fsp3) is 0. The summed E-state index contributed by atoms with van der Waals surface area (Å²) >= 11 is 0. The summed E-state index contributed by atoms with van der Waals surface area (Å²) in [6.07, 6.45) is 0. The van der Waals surface area contributed by atoms with Gasteiger partial charge in [0.1, 0.15) is 5.82 Å². The fourth-order valence-electron chi connectivity index (χ4n) is 6.62. The molecule has 0 spiro atoms. The Hall–Kier alpha value is -6.65. The van der Waals surface area contributed by atoms with Crippen LogP contribution in [0.4, 0.5) is 0 Å². The molecule has 0 aliphatic carbocycles. The van der Waals surface area contributed by atoms with E-state index < -0.39 is 0 Å². The lowest BCUT2D eigenvalue weighted by molar-refractivity contribution is 1.10. The summed E-state index contributed by atoms with van der Waals surface area (Å²) in [7, 11) is 0. The smallest absolute Gasteiger partial charge is 0.145 e. The minimum Gasteiger partial charge on any atom is -0.292 e. The molecule has 0 unspecified atom stereocenters. The second-order valence-electron chi connectivity index (χ2n) is 12.1. The summed E-state index contributed by atoms with van der Waals surface area (Å²) in [4.78, 5) is 15.3. The van der Waals surface area contributed by atoms with E-state index in [1.165, 1.54) is 5.56 Å². The monoisotopic (exact) mass is 626 g/mol. The zero-order chi connectivity index (χ0) is 32.6. The van der Waals surface area contributed by atoms with Crippen LogP contribution >= 0.6 is 0 Å². The van der Waals surface area contributed by atoms with E-state index in [9.17, 15) is 0 Å². The third-order valence-corrected chi connectivity index (χ3v) is 9.04. The molecular weight excluding hydrogens is 597 g/mol. The molecule has 49 heavy (non-hydrogen) atoms. The Morgan fingerprint density at radius 1 is 0.306 bits per heavy atom. The highest BCUT2D eigenvalue weighted by atomic mass is 15.1. The van der Waals surface area contributed by atoms with E-state index in [0.717, 1.165) is 78.3 Å². The SMILES string of the molecule is c1ccc(-c2ccccc2-n2c(-c3ccc(-c4ccc(-c5nc6ccccc6nc5-c5ccccc5)cc4)cc3)nc3ccccc32)cc1. The highest BCUT2D eigenvalue weighted by Crippen LogP contribution is 2.36. The van der Waals surface area contributed by atoms with Gasteiger partial charge >= 0.3 is 0 Å². The van der Waals surface area contributed by atoms with E-state index in [2.05, 4.69) is 138 Å². The molecular formula is C45H30N4. The Morgan fingerprint density at radius 2 is 0.755 bits per heavy atom. The summed E-state index contributed by atoms with van der Waals surface area (Å²) in [6.45, 7) is 0. The number of benzene rings is 7. The van der Waals surface area contributed by atoms with Crippen LogP contribution in [0.5, 0.6) is 0 Å². The lowest BCUT2D eigenvalue weighted by Gasteiger charge is -2.15. The molecule has 0 amide bonds. The zero-order valence-electron chi connectivity index (χ0n) is 26.6. The van der Waals surface area contributed by atoms with Gasteiger partial charge in [-0.1, -0.05) is 152 Å². The average molecular weight is 627 g/mol. The number of rotatable bonds is 6. The molecule has 9 rings (SSSR count). The van der Waals surface area contributed by atoms with Crippen molar-refractivity contribution < 1.29 is 0 Å². The Morgan fingerprint density at radius 3 is 1.39 bits per heavy atom. The van der Waals surface area contributed by atoms with Crippen molar-refractivity contribution >= 4 is 22.1 Å². The van der Waals surface area contributed by atoms with Crippen molar-refractivity contribution in [3.8, 4) is 61.8 Å². The average Bonchev–Trinajstić information content (AvgIpc) is 3.58. The Bertz CT molecular complexity index is 2570. The minimum atomic E-state index is 0.876. The molecule has 4 nitrogen and oxygen atoms in total. The van der Waals surface area contributed by atoms with Crippen LogP contribution in [0.2, 0.25) is 0 Å². The van der Waals surface area contributed by atoms with Crippen LogP contribution < -0.4 is 0 Å². The second kappa shape index (κ2) is 12.2. The van der Waals surface area contributed by atoms with Crippen LogP contribution in [0.1, 0.15) is 0 Å². The quantitative estimate of drug-likeness (QED) is 0.184. The van der Waals surface area contributed by atoms with Gasteiger partial charge in [0.05, 0.1) is 39.1 Å². The summed E-state index contributed by atoms with van der Waals surface area (Å²) in [5, 5.41) is 0. The summed E-state index contributed by atoms with van der Waals surface area (Å²) in [6, 6.07) is 63.1. The number of nitrogens with zero attached hydrogens (tertiary/aromatic N) is 4. The van der Waals surface area contributed by atoms with E-state index in [4.69, 9.17) is 15.0 Å². The van der Waals surface area contributed by atoms with Crippen LogP contribution in [0.25, 0.3) is 83.9 Å². The number of fused-ring (bicyclic) bond motifs is 2. The molecule has 7 aromatic carbocycles. The Balaban J connectivity index is 1.09. The molecule has 4 heteroatoms. The van der Waals surface area contributed by atoms with Gasteiger partial charge in [-0.2, -0.15) is 0 Å². The lowest BCUT2D eigenvalue weighted by Crippen LogP contribution is -2.00. The number of aromatic nitrogens is 4. The maximum Gasteiger partial charge on any atom is 0.145 e. The van der Waals surface area contributed by atoms with Crippen LogP contribution in [0.15, 0.2) is 182 Å². The fourth-order valence-corrected chi connectivity index (χ4v) is 6.62. The van der Waals surface area contributed by atoms with Gasteiger partial charge in [0.15, 0.2) is 0 Å². The largest absolute Gasteiger partial charge is 0.292 e. The molecule has 0 atom stereocenters. The molecule has 0 saturated carbocycles. The first-order valence-electron chi connectivity index (χ1n) is 16.5. The zero-order valence-corrected chi connectivity index (χ0v) is 26.6.